The highest BCUT2D eigenvalue weighted by atomic mass is 32.1. The summed E-state index contributed by atoms with van der Waals surface area (Å²) < 4.78 is 13.2. The number of aromatic carboxylic acids is 1. The number of hydrogen-bond acceptors (Lipinski definition) is 4. The fourth-order valence-electron chi connectivity index (χ4n) is 5.24. The van der Waals surface area contributed by atoms with Gasteiger partial charge in [-0.05, 0) is 42.5 Å². The Balaban J connectivity index is 1.69. The summed E-state index contributed by atoms with van der Waals surface area (Å²) in [6.45, 7) is 3.46. The highest BCUT2D eigenvalue weighted by molar-refractivity contribution is 7.80. The fraction of sp³-hybridized carbons (Fsp3) is 0.440. The van der Waals surface area contributed by atoms with Crippen LogP contribution in [0.1, 0.15) is 53.9 Å². The summed E-state index contributed by atoms with van der Waals surface area (Å²) in [5.41, 5.74) is 4.66. The van der Waals surface area contributed by atoms with E-state index in [9.17, 15) is 9.90 Å². The molecule has 6 nitrogen and oxygen atoms in total. The summed E-state index contributed by atoms with van der Waals surface area (Å²) >= 11 is 5.87. The van der Waals surface area contributed by atoms with E-state index in [1.165, 1.54) is 24.8 Å². The minimum Gasteiger partial charge on any atom is -0.478 e. The van der Waals surface area contributed by atoms with Crippen molar-refractivity contribution in [2.45, 2.75) is 44.6 Å². The SMILES string of the molecule is O=C(O)c1ccc2c(C3CCCCC3)c(-c3ccoc3)n(CC(=S)N3CCOCC3)c2c1. The Kier molecular flexibility index (Phi) is 6.02. The molecule has 1 saturated heterocycles. The van der Waals surface area contributed by atoms with Crippen molar-refractivity contribution in [3.63, 3.8) is 0 Å². The molecule has 1 aliphatic carbocycles. The van der Waals surface area contributed by atoms with Crippen molar-refractivity contribution in [3.05, 3.63) is 47.9 Å². The Morgan fingerprint density at radius 3 is 2.59 bits per heavy atom. The van der Waals surface area contributed by atoms with Crippen LogP contribution in [0.15, 0.2) is 41.2 Å². The summed E-state index contributed by atoms with van der Waals surface area (Å²) in [6.07, 6.45) is 9.51. The quantitative estimate of drug-likeness (QED) is 0.530. The molecule has 0 bridgehead atoms. The minimum atomic E-state index is -0.917. The zero-order valence-corrected chi connectivity index (χ0v) is 18.9. The number of benzene rings is 1. The predicted octanol–water partition coefficient (Wildman–Crippen LogP) is 5.31. The van der Waals surface area contributed by atoms with E-state index in [2.05, 4.69) is 9.47 Å². The molecule has 1 aliphatic heterocycles. The average Bonchev–Trinajstić information content (AvgIpc) is 3.46. The number of fused-ring (bicyclic) bond motifs is 1. The Labute approximate surface area is 192 Å². The highest BCUT2D eigenvalue weighted by Crippen LogP contribution is 2.44. The van der Waals surface area contributed by atoms with Gasteiger partial charge in [0.2, 0.25) is 0 Å². The van der Waals surface area contributed by atoms with E-state index in [1.54, 1.807) is 24.7 Å². The van der Waals surface area contributed by atoms with Crippen molar-refractivity contribution in [1.29, 1.82) is 0 Å². The molecule has 3 heterocycles. The molecule has 3 aromatic rings. The van der Waals surface area contributed by atoms with Crippen molar-refractivity contribution in [1.82, 2.24) is 9.47 Å². The Hall–Kier alpha value is -2.64. The Morgan fingerprint density at radius 2 is 1.91 bits per heavy atom. The number of nitrogens with zero attached hydrogens (tertiary/aromatic N) is 2. The number of carboxylic acid groups (broad SMARTS) is 1. The van der Waals surface area contributed by atoms with E-state index >= 15 is 0 Å². The van der Waals surface area contributed by atoms with Crippen molar-refractivity contribution < 1.29 is 19.1 Å². The van der Waals surface area contributed by atoms with E-state index < -0.39 is 5.97 Å². The van der Waals surface area contributed by atoms with Crippen LogP contribution in [0.3, 0.4) is 0 Å². The number of thiocarbonyl (C=S) groups is 1. The lowest BCUT2D eigenvalue weighted by Gasteiger charge is -2.30. The monoisotopic (exact) mass is 452 g/mol. The number of furan rings is 1. The molecule has 2 aromatic heterocycles. The average molecular weight is 453 g/mol. The first-order valence-corrected chi connectivity index (χ1v) is 11.8. The van der Waals surface area contributed by atoms with Gasteiger partial charge in [-0.25, -0.2) is 4.79 Å². The van der Waals surface area contributed by atoms with Crippen LogP contribution in [0.4, 0.5) is 0 Å². The van der Waals surface area contributed by atoms with Crippen LogP contribution in [-0.2, 0) is 11.3 Å². The van der Waals surface area contributed by atoms with E-state index in [4.69, 9.17) is 21.4 Å². The first-order valence-electron chi connectivity index (χ1n) is 11.4. The van der Waals surface area contributed by atoms with Gasteiger partial charge >= 0.3 is 5.97 Å². The number of rotatable bonds is 5. The molecule has 168 valence electrons. The van der Waals surface area contributed by atoms with Crippen molar-refractivity contribution in [3.8, 4) is 11.3 Å². The maximum absolute atomic E-state index is 11.8. The molecule has 1 saturated carbocycles. The largest absolute Gasteiger partial charge is 0.478 e. The predicted molar refractivity (Wildman–Crippen MR) is 127 cm³/mol. The van der Waals surface area contributed by atoms with Crippen LogP contribution in [0.5, 0.6) is 0 Å². The third kappa shape index (κ3) is 3.95. The molecule has 0 radical (unpaired) electrons. The van der Waals surface area contributed by atoms with Crippen LogP contribution in [0.2, 0.25) is 0 Å². The molecule has 0 amide bonds. The van der Waals surface area contributed by atoms with Crippen LogP contribution in [0, 0.1) is 0 Å². The lowest BCUT2D eigenvalue weighted by molar-refractivity contribution is 0.0680. The summed E-state index contributed by atoms with van der Waals surface area (Å²) in [7, 11) is 0. The molecule has 0 spiro atoms. The summed E-state index contributed by atoms with van der Waals surface area (Å²) in [5.74, 6) is -0.468. The van der Waals surface area contributed by atoms with Gasteiger partial charge in [0.05, 0.1) is 54.0 Å². The van der Waals surface area contributed by atoms with E-state index in [-0.39, 0.29) is 0 Å². The summed E-state index contributed by atoms with van der Waals surface area (Å²) in [4.78, 5) is 14.8. The van der Waals surface area contributed by atoms with E-state index in [0.717, 1.165) is 53.1 Å². The van der Waals surface area contributed by atoms with Gasteiger partial charge in [-0.15, -0.1) is 0 Å². The number of carboxylic acids is 1. The Morgan fingerprint density at radius 1 is 1.12 bits per heavy atom. The molecular weight excluding hydrogens is 424 g/mol. The molecule has 2 aliphatic rings. The maximum Gasteiger partial charge on any atom is 0.335 e. The molecule has 5 rings (SSSR count). The van der Waals surface area contributed by atoms with E-state index in [1.807, 2.05) is 12.1 Å². The molecule has 2 fully saturated rings. The van der Waals surface area contributed by atoms with Gasteiger partial charge in [-0.1, -0.05) is 37.5 Å². The number of hydrogen-bond donors (Lipinski definition) is 1. The molecule has 0 atom stereocenters. The van der Waals surface area contributed by atoms with Gasteiger partial charge in [0.25, 0.3) is 0 Å². The van der Waals surface area contributed by atoms with Crippen molar-refractivity contribution in [2.75, 3.05) is 26.3 Å². The highest BCUT2D eigenvalue weighted by Gasteiger charge is 2.28. The lowest BCUT2D eigenvalue weighted by Crippen LogP contribution is -2.41. The zero-order chi connectivity index (χ0) is 22.1. The first kappa shape index (κ1) is 21.2. The number of ether oxygens (including phenoxy) is 1. The zero-order valence-electron chi connectivity index (χ0n) is 18.1. The first-order chi connectivity index (χ1) is 15.6. The maximum atomic E-state index is 11.8. The van der Waals surface area contributed by atoms with Crippen LogP contribution < -0.4 is 0 Å². The topological polar surface area (TPSA) is 67.8 Å². The Bertz CT molecular complexity index is 1120. The smallest absolute Gasteiger partial charge is 0.335 e. The number of aromatic nitrogens is 1. The summed E-state index contributed by atoms with van der Waals surface area (Å²) in [6, 6.07) is 7.50. The minimum absolute atomic E-state index is 0.294. The molecular formula is C25H28N2O4S. The number of morpholine rings is 1. The van der Waals surface area contributed by atoms with Gasteiger partial charge in [-0.3, -0.25) is 0 Å². The second kappa shape index (κ2) is 9.08. The molecule has 32 heavy (non-hydrogen) atoms. The third-order valence-corrected chi connectivity index (χ3v) is 7.20. The fourth-order valence-corrected chi connectivity index (χ4v) is 5.55. The second-order valence-electron chi connectivity index (χ2n) is 8.73. The standard InChI is InChI=1S/C25H28N2O4S/c28-25(29)18-6-7-20-21(14-18)27(15-22(32)26-9-12-30-13-10-26)24(19-8-11-31-16-19)23(20)17-4-2-1-3-5-17/h6-8,11,14,16-17H,1-5,9-10,12-13,15H2,(H,28,29). The van der Waals surface area contributed by atoms with Gasteiger partial charge in [0.15, 0.2) is 0 Å². The normalized spacial score (nSPS) is 17.7. The van der Waals surface area contributed by atoms with Gasteiger partial charge < -0.3 is 23.7 Å². The lowest BCUT2D eigenvalue weighted by atomic mass is 9.82. The van der Waals surface area contributed by atoms with Crippen LogP contribution in [0.25, 0.3) is 22.2 Å². The van der Waals surface area contributed by atoms with Crippen molar-refractivity contribution >= 4 is 34.1 Å². The number of carbonyl (C=O) groups is 1. The van der Waals surface area contributed by atoms with Crippen LogP contribution in [-0.4, -0.2) is 51.8 Å². The molecule has 1 N–H and O–H groups in total. The molecule has 7 heteroatoms. The van der Waals surface area contributed by atoms with Gasteiger partial charge in [0, 0.05) is 24.0 Å². The van der Waals surface area contributed by atoms with Gasteiger partial charge in [-0.2, -0.15) is 0 Å². The molecule has 0 unspecified atom stereocenters. The van der Waals surface area contributed by atoms with E-state index in [0.29, 0.717) is 31.2 Å². The molecule has 1 aromatic carbocycles. The summed E-state index contributed by atoms with van der Waals surface area (Å²) in [5, 5.41) is 10.8. The third-order valence-electron chi connectivity index (χ3n) is 6.82. The second-order valence-corrected chi connectivity index (χ2v) is 9.20. The van der Waals surface area contributed by atoms with Crippen molar-refractivity contribution in [2.24, 2.45) is 0 Å². The van der Waals surface area contributed by atoms with Crippen LogP contribution >= 0.6 is 12.2 Å². The van der Waals surface area contributed by atoms with Gasteiger partial charge in [0.1, 0.15) is 0 Å².